The minimum absolute atomic E-state index is 0.464. The lowest BCUT2D eigenvalue weighted by molar-refractivity contribution is 0.268. The van der Waals surface area contributed by atoms with Crippen molar-refractivity contribution in [3.05, 3.63) is 23.2 Å². The Kier molecular flexibility index (Phi) is 6.69. The van der Waals surface area contributed by atoms with Gasteiger partial charge in [0.1, 0.15) is 11.5 Å². The molecule has 0 amide bonds. The molecule has 1 aromatic rings. The molecular weight excluding hydrogens is 236 g/mol. The van der Waals surface area contributed by atoms with Crippen molar-refractivity contribution in [3.63, 3.8) is 0 Å². The molecule has 0 radical (unpaired) electrons. The topological polar surface area (TPSA) is 28.4 Å². The first kappa shape index (κ1) is 15.8. The van der Waals surface area contributed by atoms with Gasteiger partial charge in [-0.05, 0) is 31.5 Å². The lowest BCUT2D eigenvalue weighted by Crippen LogP contribution is -2.24. The van der Waals surface area contributed by atoms with E-state index in [1.165, 1.54) is 5.56 Å². The molecule has 0 atom stereocenters. The highest BCUT2D eigenvalue weighted by Crippen LogP contribution is 2.16. The molecule has 106 valence electrons. The average molecular weight is 262 g/mol. The van der Waals surface area contributed by atoms with E-state index in [4.69, 9.17) is 10.8 Å². The van der Waals surface area contributed by atoms with Crippen molar-refractivity contribution in [2.75, 3.05) is 13.1 Å². The van der Waals surface area contributed by atoms with E-state index < -0.39 is 0 Å². The van der Waals surface area contributed by atoms with Crippen LogP contribution in [0.25, 0.3) is 0 Å². The summed E-state index contributed by atoms with van der Waals surface area (Å²) in [7, 11) is 0. The summed E-state index contributed by atoms with van der Waals surface area (Å²) in [5, 5.41) is 3.38. The molecule has 1 rings (SSSR count). The Morgan fingerprint density at radius 2 is 2.21 bits per heavy atom. The van der Waals surface area contributed by atoms with Crippen molar-refractivity contribution in [2.45, 2.75) is 53.2 Å². The number of aryl methyl sites for hydroxylation is 1. The first-order valence-corrected chi connectivity index (χ1v) is 7.04. The zero-order valence-electron chi connectivity index (χ0n) is 12.6. The number of hydrogen-bond acceptors (Lipinski definition) is 3. The SMILES string of the molecule is C#CCN(CCC)Cc1cc(C)c(CNC(C)C)o1. The van der Waals surface area contributed by atoms with Gasteiger partial charge in [-0.1, -0.05) is 26.7 Å². The van der Waals surface area contributed by atoms with E-state index in [0.717, 1.165) is 37.6 Å². The summed E-state index contributed by atoms with van der Waals surface area (Å²) >= 11 is 0. The molecule has 1 N–H and O–H groups in total. The number of nitrogens with one attached hydrogen (secondary N) is 1. The van der Waals surface area contributed by atoms with Crippen molar-refractivity contribution in [1.29, 1.82) is 0 Å². The van der Waals surface area contributed by atoms with E-state index >= 15 is 0 Å². The van der Waals surface area contributed by atoms with Crippen LogP contribution in [-0.4, -0.2) is 24.0 Å². The van der Waals surface area contributed by atoms with Gasteiger partial charge in [0.15, 0.2) is 0 Å². The van der Waals surface area contributed by atoms with E-state index in [1.54, 1.807) is 0 Å². The molecule has 0 aromatic carbocycles. The minimum Gasteiger partial charge on any atom is -0.463 e. The second kappa shape index (κ2) is 8.04. The Labute approximate surface area is 117 Å². The van der Waals surface area contributed by atoms with Crippen LogP contribution in [-0.2, 0) is 13.1 Å². The zero-order chi connectivity index (χ0) is 14.3. The second-order valence-corrected chi connectivity index (χ2v) is 5.27. The largest absolute Gasteiger partial charge is 0.463 e. The second-order valence-electron chi connectivity index (χ2n) is 5.27. The van der Waals surface area contributed by atoms with Gasteiger partial charge in [0.2, 0.25) is 0 Å². The smallest absolute Gasteiger partial charge is 0.120 e. The third kappa shape index (κ3) is 5.50. The minimum atomic E-state index is 0.464. The molecule has 0 aliphatic carbocycles. The summed E-state index contributed by atoms with van der Waals surface area (Å²) in [6.07, 6.45) is 6.50. The first-order chi connectivity index (χ1) is 9.06. The highest BCUT2D eigenvalue weighted by Gasteiger charge is 2.11. The van der Waals surface area contributed by atoms with Crippen LogP contribution in [0.3, 0.4) is 0 Å². The van der Waals surface area contributed by atoms with Crippen LogP contribution in [0.4, 0.5) is 0 Å². The van der Waals surface area contributed by atoms with Crippen LogP contribution in [0, 0.1) is 19.3 Å². The monoisotopic (exact) mass is 262 g/mol. The van der Waals surface area contributed by atoms with Gasteiger partial charge in [0.05, 0.1) is 19.6 Å². The molecule has 0 saturated carbocycles. The highest BCUT2D eigenvalue weighted by molar-refractivity contribution is 5.20. The lowest BCUT2D eigenvalue weighted by atomic mass is 10.2. The Morgan fingerprint density at radius 3 is 2.79 bits per heavy atom. The predicted molar refractivity (Wildman–Crippen MR) is 79.8 cm³/mol. The van der Waals surface area contributed by atoms with Crippen molar-refractivity contribution < 1.29 is 4.42 Å². The van der Waals surface area contributed by atoms with E-state index in [0.29, 0.717) is 12.6 Å². The third-order valence-electron chi connectivity index (χ3n) is 2.98. The van der Waals surface area contributed by atoms with E-state index in [-0.39, 0.29) is 0 Å². The van der Waals surface area contributed by atoms with Crippen LogP contribution in [0.5, 0.6) is 0 Å². The fraction of sp³-hybridized carbons (Fsp3) is 0.625. The predicted octanol–water partition coefficient (Wildman–Crippen LogP) is 2.93. The Balaban J connectivity index is 2.63. The van der Waals surface area contributed by atoms with Crippen molar-refractivity contribution in [2.24, 2.45) is 0 Å². The summed E-state index contributed by atoms with van der Waals surface area (Å²) < 4.78 is 5.92. The summed E-state index contributed by atoms with van der Waals surface area (Å²) in [6.45, 7) is 11.8. The summed E-state index contributed by atoms with van der Waals surface area (Å²) in [4.78, 5) is 2.23. The van der Waals surface area contributed by atoms with Gasteiger partial charge in [-0.3, -0.25) is 4.90 Å². The summed E-state index contributed by atoms with van der Waals surface area (Å²) in [6, 6.07) is 2.59. The van der Waals surface area contributed by atoms with Crippen LogP contribution in [0.2, 0.25) is 0 Å². The molecule has 0 spiro atoms. The Hall–Kier alpha value is -1.24. The van der Waals surface area contributed by atoms with Crippen molar-refractivity contribution in [3.8, 4) is 12.3 Å². The van der Waals surface area contributed by atoms with Crippen molar-refractivity contribution in [1.82, 2.24) is 10.2 Å². The highest BCUT2D eigenvalue weighted by atomic mass is 16.3. The van der Waals surface area contributed by atoms with Gasteiger partial charge < -0.3 is 9.73 Å². The summed E-state index contributed by atoms with van der Waals surface area (Å²) in [5.41, 5.74) is 1.21. The maximum absolute atomic E-state index is 5.92. The number of terminal acetylenes is 1. The normalized spacial score (nSPS) is 11.2. The van der Waals surface area contributed by atoms with Gasteiger partial charge >= 0.3 is 0 Å². The first-order valence-electron chi connectivity index (χ1n) is 7.04. The Morgan fingerprint density at radius 1 is 1.47 bits per heavy atom. The molecular formula is C16H26N2O. The van der Waals surface area contributed by atoms with Crippen LogP contribution < -0.4 is 5.32 Å². The number of rotatable bonds is 8. The maximum Gasteiger partial charge on any atom is 0.120 e. The van der Waals surface area contributed by atoms with Crippen LogP contribution in [0.15, 0.2) is 10.5 Å². The van der Waals surface area contributed by atoms with E-state index in [9.17, 15) is 0 Å². The molecule has 0 bridgehead atoms. The molecule has 0 fully saturated rings. The van der Waals surface area contributed by atoms with Gasteiger partial charge in [-0.25, -0.2) is 0 Å². The average Bonchev–Trinajstić information content (AvgIpc) is 2.67. The summed E-state index contributed by atoms with van der Waals surface area (Å²) in [5.74, 6) is 4.74. The third-order valence-corrected chi connectivity index (χ3v) is 2.98. The van der Waals surface area contributed by atoms with Crippen molar-refractivity contribution >= 4 is 0 Å². The van der Waals surface area contributed by atoms with Crippen LogP contribution >= 0.6 is 0 Å². The number of nitrogens with zero attached hydrogens (tertiary/aromatic N) is 1. The van der Waals surface area contributed by atoms with Gasteiger partial charge in [-0.15, -0.1) is 6.42 Å². The molecule has 3 heteroatoms. The molecule has 1 aromatic heterocycles. The lowest BCUT2D eigenvalue weighted by Gasteiger charge is -2.17. The van der Waals surface area contributed by atoms with E-state index in [1.807, 2.05) is 0 Å². The molecule has 0 saturated heterocycles. The van der Waals surface area contributed by atoms with Gasteiger partial charge in [-0.2, -0.15) is 0 Å². The maximum atomic E-state index is 5.92. The fourth-order valence-electron chi connectivity index (χ4n) is 2.02. The molecule has 0 unspecified atom stereocenters. The van der Waals surface area contributed by atoms with E-state index in [2.05, 4.69) is 49.9 Å². The molecule has 0 aliphatic heterocycles. The standard InChI is InChI=1S/C16H26N2O/c1-6-8-18(9-7-2)12-15-10-14(5)16(19-15)11-17-13(3)4/h1,10,13,17H,7-9,11-12H2,2-5H3. The van der Waals surface area contributed by atoms with Gasteiger partial charge in [0, 0.05) is 6.04 Å². The molecule has 1 heterocycles. The molecule has 3 nitrogen and oxygen atoms in total. The van der Waals surface area contributed by atoms with Gasteiger partial charge in [0.25, 0.3) is 0 Å². The quantitative estimate of drug-likeness (QED) is 0.730. The molecule has 19 heavy (non-hydrogen) atoms. The fourth-order valence-corrected chi connectivity index (χ4v) is 2.02. The van der Waals surface area contributed by atoms with Crippen LogP contribution in [0.1, 0.15) is 44.3 Å². The molecule has 0 aliphatic rings. The zero-order valence-corrected chi connectivity index (χ0v) is 12.6. The number of hydrogen-bond donors (Lipinski definition) is 1. The Bertz CT molecular complexity index is 415. The number of furan rings is 1.